The van der Waals surface area contributed by atoms with Crippen LogP contribution in [0.5, 0.6) is 17.2 Å². The Morgan fingerprint density at radius 3 is 2.49 bits per heavy atom. The first-order chi connectivity index (χ1) is 17.7. The number of amides is 4. The van der Waals surface area contributed by atoms with Crippen LogP contribution in [0.3, 0.4) is 0 Å². The van der Waals surface area contributed by atoms with Gasteiger partial charge in [-0.1, -0.05) is 45.2 Å². The SMILES string of the molecule is Cc1cc(N2C(=O)NC(=O)/C(=C\c3cc(Cl)c(OCc4ccc5c(c4)OCO5)c(Cl)c3)C2=O)ccc1Br. The summed E-state index contributed by atoms with van der Waals surface area (Å²) in [6, 6.07) is 12.6. The van der Waals surface area contributed by atoms with Gasteiger partial charge >= 0.3 is 6.03 Å². The molecule has 4 amide bonds. The molecule has 2 aliphatic heterocycles. The van der Waals surface area contributed by atoms with Crippen LogP contribution in [-0.4, -0.2) is 24.6 Å². The lowest BCUT2D eigenvalue weighted by molar-refractivity contribution is -0.122. The summed E-state index contributed by atoms with van der Waals surface area (Å²) in [5, 5.41) is 2.56. The summed E-state index contributed by atoms with van der Waals surface area (Å²) in [6.45, 7) is 2.16. The molecular formula is C26H17BrCl2N2O6. The average Bonchev–Trinajstić information content (AvgIpc) is 3.31. The van der Waals surface area contributed by atoms with Crippen LogP contribution >= 0.6 is 39.1 Å². The maximum atomic E-state index is 13.2. The quantitative estimate of drug-likeness (QED) is 0.282. The van der Waals surface area contributed by atoms with E-state index in [4.69, 9.17) is 37.4 Å². The number of barbiturate groups is 1. The largest absolute Gasteiger partial charge is 0.486 e. The Labute approximate surface area is 229 Å². The third kappa shape index (κ3) is 5.02. The van der Waals surface area contributed by atoms with Crippen molar-refractivity contribution in [3.05, 3.63) is 85.3 Å². The summed E-state index contributed by atoms with van der Waals surface area (Å²) in [6.07, 6.45) is 1.32. The fourth-order valence-corrected chi connectivity index (χ4v) is 4.67. The number of anilines is 1. The van der Waals surface area contributed by atoms with E-state index in [1.54, 1.807) is 30.3 Å². The summed E-state index contributed by atoms with van der Waals surface area (Å²) >= 11 is 16.2. The van der Waals surface area contributed by atoms with Gasteiger partial charge in [-0.25, -0.2) is 9.69 Å². The van der Waals surface area contributed by atoms with Crippen molar-refractivity contribution < 1.29 is 28.6 Å². The lowest BCUT2D eigenvalue weighted by atomic mass is 10.1. The third-order valence-electron chi connectivity index (χ3n) is 5.65. The number of nitrogens with zero attached hydrogens (tertiary/aromatic N) is 1. The van der Waals surface area contributed by atoms with Gasteiger partial charge in [-0.05, 0) is 72.2 Å². The van der Waals surface area contributed by atoms with Gasteiger partial charge in [0.25, 0.3) is 11.8 Å². The number of aryl methyl sites for hydroxylation is 1. The van der Waals surface area contributed by atoms with Gasteiger partial charge in [0, 0.05) is 4.47 Å². The number of benzene rings is 3. The van der Waals surface area contributed by atoms with Crippen molar-refractivity contribution in [2.24, 2.45) is 0 Å². The minimum atomic E-state index is -0.836. The second-order valence-electron chi connectivity index (χ2n) is 8.18. The zero-order valence-corrected chi connectivity index (χ0v) is 22.2. The molecule has 1 saturated heterocycles. The van der Waals surface area contributed by atoms with E-state index in [9.17, 15) is 14.4 Å². The van der Waals surface area contributed by atoms with Crippen LogP contribution in [0, 0.1) is 6.92 Å². The van der Waals surface area contributed by atoms with Crippen molar-refractivity contribution in [1.82, 2.24) is 5.32 Å². The van der Waals surface area contributed by atoms with Crippen LogP contribution in [0.4, 0.5) is 10.5 Å². The van der Waals surface area contributed by atoms with Crippen molar-refractivity contribution in [3.8, 4) is 17.2 Å². The average molecular weight is 604 g/mol. The zero-order chi connectivity index (χ0) is 26.3. The Morgan fingerprint density at radius 2 is 1.76 bits per heavy atom. The van der Waals surface area contributed by atoms with Gasteiger partial charge in [0.15, 0.2) is 17.2 Å². The molecule has 1 fully saturated rings. The summed E-state index contributed by atoms with van der Waals surface area (Å²) < 4.78 is 17.3. The molecule has 0 radical (unpaired) electrons. The van der Waals surface area contributed by atoms with E-state index >= 15 is 0 Å². The first kappa shape index (κ1) is 25.1. The normalized spacial score (nSPS) is 15.8. The Bertz CT molecular complexity index is 1480. The Morgan fingerprint density at radius 1 is 1.03 bits per heavy atom. The third-order valence-corrected chi connectivity index (χ3v) is 7.10. The minimum absolute atomic E-state index is 0.168. The molecule has 0 aliphatic carbocycles. The highest BCUT2D eigenvalue weighted by Crippen LogP contribution is 2.37. The first-order valence-corrected chi connectivity index (χ1v) is 12.4. The van der Waals surface area contributed by atoms with Crippen LogP contribution in [0.25, 0.3) is 6.08 Å². The lowest BCUT2D eigenvalue weighted by Crippen LogP contribution is -2.54. The lowest BCUT2D eigenvalue weighted by Gasteiger charge is -2.26. The Hall–Kier alpha value is -3.53. The van der Waals surface area contributed by atoms with Crippen LogP contribution in [0.2, 0.25) is 10.0 Å². The van der Waals surface area contributed by atoms with E-state index in [-0.39, 0.29) is 34.8 Å². The molecule has 2 aliphatic rings. The number of halogens is 3. The van der Waals surface area contributed by atoms with E-state index in [1.807, 2.05) is 13.0 Å². The number of imide groups is 2. The number of hydrogen-bond donors (Lipinski definition) is 1. The molecule has 37 heavy (non-hydrogen) atoms. The van der Waals surface area contributed by atoms with E-state index < -0.39 is 17.8 Å². The van der Waals surface area contributed by atoms with Crippen molar-refractivity contribution in [2.45, 2.75) is 13.5 Å². The molecule has 0 aromatic heterocycles. The number of carbonyl (C=O) groups is 3. The number of fused-ring (bicyclic) bond motifs is 1. The summed E-state index contributed by atoms with van der Waals surface area (Å²) in [7, 11) is 0. The fourth-order valence-electron chi connectivity index (χ4n) is 3.81. The molecular weight excluding hydrogens is 587 g/mol. The maximum Gasteiger partial charge on any atom is 0.335 e. The molecule has 0 saturated carbocycles. The number of rotatable bonds is 5. The molecule has 0 bridgehead atoms. The molecule has 188 valence electrons. The van der Waals surface area contributed by atoms with E-state index in [0.717, 1.165) is 20.5 Å². The summed E-state index contributed by atoms with van der Waals surface area (Å²) in [4.78, 5) is 39.1. The number of ether oxygens (including phenoxy) is 3. The second-order valence-corrected chi connectivity index (χ2v) is 9.85. The van der Waals surface area contributed by atoms with Crippen LogP contribution < -0.4 is 24.4 Å². The number of urea groups is 1. The van der Waals surface area contributed by atoms with Crippen LogP contribution in [0.1, 0.15) is 16.7 Å². The Balaban J connectivity index is 1.39. The number of hydrogen-bond acceptors (Lipinski definition) is 6. The van der Waals surface area contributed by atoms with Gasteiger partial charge in [0.05, 0.1) is 15.7 Å². The summed E-state index contributed by atoms with van der Waals surface area (Å²) in [5.74, 6) is -0.0680. The van der Waals surface area contributed by atoms with Gasteiger partial charge in [0.1, 0.15) is 12.2 Å². The fraction of sp³-hybridized carbons (Fsp3) is 0.115. The van der Waals surface area contributed by atoms with Gasteiger partial charge in [-0.15, -0.1) is 0 Å². The highest BCUT2D eigenvalue weighted by atomic mass is 79.9. The Kier molecular flexibility index (Phi) is 6.85. The van der Waals surface area contributed by atoms with Crippen molar-refractivity contribution >= 4 is 68.7 Å². The standard InChI is InChI=1S/C26H17BrCl2N2O6/c1-13-6-16(3-4-18(13)27)31-25(33)17(24(32)30-26(31)34)7-15-8-19(28)23(20(29)9-15)35-11-14-2-5-21-22(10-14)37-12-36-21/h2-10H,11-12H2,1H3,(H,30,32,34)/b17-7+. The topological polar surface area (TPSA) is 94.2 Å². The van der Waals surface area contributed by atoms with Crippen molar-refractivity contribution in [2.75, 3.05) is 11.7 Å². The van der Waals surface area contributed by atoms with Gasteiger partial charge in [0.2, 0.25) is 6.79 Å². The molecule has 2 heterocycles. The highest BCUT2D eigenvalue weighted by Gasteiger charge is 2.37. The molecule has 3 aromatic rings. The second kappa shape index (κ2) is 10.1. The number of nitrogens with one attached hydrogen (secondary N) is 1. The highest BCUT2D eigenvalue weighted by molar-refractivity contribution is 9.10. The van der Waals surface area contributed by atoms with Crippen LogP contribution in [-0.2, 0) is 16.2 Å². The van der Waals surface area contributed by atoms with E-state index in [1.165, 1.54) is 18.2 Å². The molecule has 0 spiro atoms. The predicted octanol–water partition coefficient (Wildman–Crippen LogP) is 6.04. The minimum Gasteiger partial charge on any atom is -0.486 e. The molecule has 8 nitrogen and oxygen atoms in total. The monoisotopic (exact) mass is 602 g/mol. The molecule has 11 heteroatoms. The summed E-state index contributed by atoms with van der Waals surface area (Å²) in [5.41, 5.74) is 2.09. The van der Waals surface area contributed by atoms with E-state index in [2.05, 4.69) is 21.2 Å². The zero-order valence-electron chi connectivity index (χ0n) is 19.1. The smallest absolute Gasteiger partial charge is 0.335 e. The molecule has 0 unspecified atom stereocenters. The van der Waals surface area contributed by atoms with Gasteiger partial charge in [-0.2, -0.15) is 0 Å². The molecule has 5 rings (SSSR count). The first-order valence-electron chi connectivity index (χ1n) is 10.9. The molecule has 3 aromatic carbocycles. The molecule has 1 N–H and O–H groups in total. The number of carbonyl (C=O) groups excluding carboxylic acids is 3. The van der Waals surface area contributed by atoms with Crippen molar-refractivity contribution in [3.63, 3.8) is 0 Å². The van der Waals surface area contributed by atoms with Gasteiger partial charge in [-0.3, -0.25) is 14.9 Å². The molecule has 0 atom stereocenters. The van der Waals surface area contributed by atoms with Crippen molar-refractivity contribution in [1.29, 1.82) is 0 Å². The van der Waals surface area contributed by atoms with E-state index in [0.29, 0.717) is 22.7 Å². The van der Waals surface area contributed by atoms with Gasteiger partial charge < -0.3 is 14.2 Å². The predicted molar refractivity (Wildman–Crippen MR) is 141 cm³/mol. The van der Waals surface area contributed by atoms with Crippen LogP contribution in [0.15, 0.2) is 58.6 Å². The maximum absolute atomic E-state index is 13.2.